The van der Waals surface area contributed by atoms with Crippen LogP contribution in [0.4, 0.5) is 20.7 Å². The molecule has 1 aliphatic rings. The van der Waals surface area contributed by atoms with Gasteiger partial charge in [0.15, 0.2) is 5.82 Å². The van der Waals surface area contributed by atoms with Crippen LogP contribution in [0.15, 0.2) is 61.1 Å². The molecule has 1 aliphatic heterocycles. The fraction of sp³-hybridized carbons (Fsp3) is 0.185. The predicted octanol–water partition coefficient (Wildman–Crippen LogP) is 4.32. The summed E-state index contributed by atoms with van der Waals surface area (Å²) in [5, 5.41) is 23.4. The van der Waals surface area contributed by atoms with Crippen LogP contribution in [0, 0.1) is 17.7 Å². The molecule has 4 heterocycles. The molecular formula is C27H22FN7O2S. The topological polar surface area (TPSA) is 117 Å². The minimum atomic E-state index is -1.02. The fourth-order valence-electron chi connectivity index (χ4n) is 4.53. The Morgan fingerprint density at radius 1 is 1.24 bits per heavy atom. The Morgan fingerprint density at radius 2 is 2.16 bits per heavy atom. The predicted molar refractivity (Wildman–Crippen MR) is 144 cm³/mol. The van der Waals surface area contributed by atoms with E-state index in [9.17, 15) is 9.18 Å². The lowest BCUT2D eigenvalue weighted by Gasteiger charge is -2.08. The lowest BCUT2D eigenvalue weighted by Crippen LogP contribution is -2.34. The zero-order chi connectivity index (χ0) is 26.1. The third-order valence-corrected chi connectivity index (χ3v) is 7.31. The Bertz CT molecular complexity index is 1720. The summed E-state index contributed by atoms with van der Waals surface area (Å²) < 4.78 is 16.3. The van der Waals surface area contributed by atoms with Gasteiger partial charge in [-0.25, -0.2) is 19.2 Å². The van der Waals surface area contributed by atoms with E-state index in [1.54, 1.807) is 12.3 Å². The molecule has 1 saturated heterocycles. The first kappa shape index (κ1) is 23.8. The minimum Gasteiger partial charge on any atom is -0.465 e. The lowest BCUT2D eigenvalue weighted by atomic mass is 10.2. The highest BCUT2D eigenvalue weighted by Gasteiger charge is 2.23. The molecule has 2 atom stereocenters. The zero-order valence-electron chi connectivity index (χ0n) is 20.0. The van der Waals surface area contributed by atoms with Crippen molar-refractivity contribution < 1.29 is 14.3 Å². The molecule has 1 amide bonds. The Kier molecular flexibility index (Phi) is 6.33. The number of nitrogens with zero attached hydrogens (tertiary/aromatic N) is 4. The molecule has 0 bridgehead atoms. The molecule has 190 valence electrons. The largest absolute Gasteiger partial charge is 0.465 e. The molecule has 5 aromatic rings. The number of anilines is 2. The molecule has 0 unspecified atom stereocenters. The van der Waals surface area contributed by atoms with Gasteiger partial charge in [-0.15, -0.1) is 11.3 Å². The van der Waals surface area contributed by atoms with Crippen molar-refractivity contribution in [2.45, 2.75) is 25.0 Å². The maximum Gasteiger partial charge on any atom is 0.404 e. The average molecular weight is 528 g/mol. The molecule has 9 nitrogen and oxygen atoms in total. The van der Waals surface area contributed by atoms with Crippen LogP contribution in [0.1, 0.15) is 16.9 Å². The molecule has 4 N–H and O–H groups in total. The van der Waals surface area contributed by atoms with Gasteiger partial charge in [0, 0.05) is 23.7 Å². The standard InChI is InChI=1S/C27H22FN7O2S/c28-18-3-1-2-16(8-18)14-35-24-7-5-20(9-17(24)12-32-35)33-26-25-23(30-15-31-26)11-22(38-25)6-4-19-10-21(13-29-19)34-27(36)37/h1-3,5,7-9,11-12,15,19,21,29,34H,10,13-14H2,(H,36,37)(H,30,31,33)/t19-,21-/m1/s1. The van der Waals surface area contributed by atoms with Crippen molar-refractivity contribution in [3.63, 3.8) is 0 Å². The number of carboxylic acid groups (broad SMARTS) is 1. The van der Waals surface area contributed by atoms with Gasteiger partial charge in [0.1, 0.15) is 12.1 Å². The molecule has 3 aromatic heterocycles. The van der Waals surface area contributed by atoms with E-state index in [4.69, 9.17) is 5.11 Å². The van der Waals surface area contributed by atoms with E-state index in [1.807, 2.05) is 35.0 Å². The van der Waals surface area contributed by atoms with Crippen LogP contribution in [0.5, 0.6) is 0 Å². The van der Waals surface area contributed by atoms with E-state index in [0.717, 1.165) is 37.2 Å². The van der Waals surface area contributed by atoms with Gasteiger partial charge in [-0.3, -0.25) is 4.68 Å². The molecule has 0 aliphatic carbocycles. The van der Waals surface area contributed by atoms with Crippen LogP contribution in [0.2, 0.25) is 0 Å². The third kappa shape index (κ3) is 5.13. The Morgan fingerprint density at radius 3 is 3.03 bits per heavy atom. The van der Waals surface area contributed by atoms with Gasteiger partial charge in [0.2, 0.25) is 0 Å². The Balaban J connectivity index is 1.19. The number of fused-ring (bicyclic) bond motifs is 2. The number of carbonyl (C=O) groups is 1. The number of benzene rings is 2. The first-order chi connectivity index (χ1) is 18.5. The van der Waals surface area contributed by atoms with Crippen LogP contribution < -0.4 is 16.0 Å². The molecule has 0 spiro atoms. The number of hydrogen-bond acceptors (Lipinski definition) is 7. The summed E-state index contributed by atoms with van der Waals surface area (Å²) in [7, 11) is 0. The molecule has 0 radical (unpaired) electrons. The zero-order valence-corrected chi connectivity index (χ0v) is 20.8. The first-order valence-corrected chi connectivity index (χ1v) is 12.8. The SMILES string of the molecule is O=C(O)N[C@H]1CN[C@H](C#Cc2cc3ncnc(Nc4ccc5c(cnn5Cc5cccc(F)c5)c4)c3s2)C1. The monoisotopic (exact) mass is 527 g/mol. The second-order valence-corrected chi connectivity index (χ2v) is 10.0. The second kappa shape index (κ2) is 10.1. The van der Waals surface area contributed by atoms with E-state index in [2.05, 4.69) is 42.9 Å². The Hall–Kier alpha value is -4.53. The summed E-state index contributed by atoms with van der Waals surface area (Å²) in [4.78, 5) is 20.5. The molecule has 0 saturated carbocycles. The van der Waals surface area contributed by atoms with Crippen LogP contribution in [0.25, 0.3) is 21.1 Å². The van der Waals surface area contributed by atoms with Gasteiger partial charge in [-0.2, -0.15) is 5.10 Å². The van der Waals surface area contributed by atoms with Crippen molar-refractivity contribution in [1.29, 1.82) is 0 Å². The van der Waals surface area contributed by atoms with Crippen molar-refractivity contribution in [3.05, 3.63) is 77.3 Å². The van der Waals surface area contributed by atoms with E-state index in [1.165, 1.54) is 29.8 Å². The average Bonchev–Trinajstić information content (AvgIpc) is 3.61. The normalized spacial score (nSPS) is 16.9. The van der Waals surface area contributed by atoms with Gasteiger partial charge >= 0.3 is 6.09 Å². The third-order valence-electron chi connectivity index (χ3n) is 6.27. The maximum absolute atomic E-state index is 13.6. The van der Waals surface area contributed by atoms with Crippen molar-refractivity contribution in [1.82, 2.24) is 30.4 Å². The van der Waals surface area contributed by atoms with E-state index in [-0.39, 0.29) is 17.9 Å². The highest BCUT2D eigenvalue weighted by atomic mass is 32.1. The minimum absolute atomic E-state index is 0.0747. The summed E-state index contributed by atoms with van der Waals surface area (Å²) >= 11 is 1.50. The number of nitrogens with one attached hydrogen (secondary N) is 3. The summed E-state index contributed by atoms with van der Waals surface area (Å²) in [6.07, 6.45) is 2.91. The first-order valence-electron chi connectivity index (χ1n) is 12.0. The molecule has 2 aromatic carbocycles. The summed E-state index contributed by atoms with van der Waals surface area (Å²) in [5.74, 6) is 6.81. The van der Waals surface area contributed by atoms with Gasteiger partial charge in [-0.1, -0.05) is 24.0 Å². The van der Waals surface area contributed by atoms with Gasteiger partial charge in [-0.05, 0) is 48.4 Å². The number of hydrogen-bond donors (Lipinski definition) is 4. The highest BCUT2D eigenvalue weighted by molar-refractivity contribution is 7.20. The molecule has 11 heteroatoms. The van der Waals surface area contributed by atoms with E-state index in [0.29, 0.717) is 25.3 Å². The highest BCUT2D eigenvalue weighted by Crippen LogP contribution is 2.31. The fourth-order valence-corrected chi connectivity index (χ4v) is 5.45. The van der Waals surface area contributed by atoms with Gasteiger partial charge in [0.25, 0.3) is 0 Å². The van der Waals surface area contributed by atoms with Gasteiger partial charge in [0.05, 0.1) is 39.4 Å². The number of aromatic nitrogens is 4. The number of thiophene rings is 1. The van der Waals surface area contributed by atoms with E-state index >= 15 is 0 Å². The van der Waals surface area contributed by atoms with Crippen molar-refractivity contribution in [2.75, 3.05) is 11.9 Å². The van der Waals surface area contributed by atoms with Crippen LogP contribution >= 0.6 is 11.3 Å². The molecule has 38 heavy (non-hydrogen) atoms. The molecule has 6 rings (SSSR count). The summed E-state index contributed by atoms with van der Waals surface area (Å²) in [6.45, 7) is 1.04. The van der Waals surface area contributed by atoms with Crippen LogP contribution in [-0.4, -0.2) is 49.6 Å². The number of rotatable bonds is 5. The van der Waals surface area contributed by atoms with Crippen LogP contribution in [0.3, 0.4) is 0 Å². The lowest BCUT2D eigenvalue weighted by molar-refractivity contribution is 0.190. The molecular weight excluding hydrogens is 505 g/mol. The van der Waals surface area contributed by atoms with Crippen molar-refractivity contribution in [3.8, 4) is 11.8 Å². The Labute approximate surface area is 220 Å². The number of amides is 1. The summed E-state index contributed by atoms with van der Waals surface area (Å²) in [5.41, 5.74) is 3.45. The number of halogens is 1. The van der Waals surface area contributed by atoms with Crippen LogP contribution in [-0.2, 0) is 6.54 Å². The summed E-state index contributed by atoms with van der Waals surface area (Å²) in [6, 6.07) is 14.2. The van der Waals surface area contributed by atoms with E-state index < -0.39 is 6.09 Å². The van der Waals surface area contributed by atoms with Crippen molar-refractivity contribution >= 4 is 50.1 Å². The molecule has 1 fully saturated rings. The maximum atomic E-state index is 13.6. The second-order valence-electron chi connectivity index (χ2n) is 8.99. The smallest absolute Gasteiger partial charge is 0.404 e. The quantitative estimate of drug-likeness (QED) is 0.252. The van der Waals surface area contributed by atoms with Gasteiger partial charge < -0.3 is 21.1 Å². The van der Waals surface area contributed by atoms with Crippen molar-refractivity contribution in [2.24, 2.45) is 0 Å².